The van der Waals surface area contributed by atoms with Gasteiger partial charge in [-0.1, -0.05) is 23.2 Å². The van der Waals surface area contributed by atoms with Crippen LogP contribution in [0.4, 0.5) is 5.69 Å². The summed E-state index contributed by atoms with van der Waals surface area (Å²) in [5.74, 6) is 1.29. The van der Waals surface area contributed by atoms with Crippen molar-refractivity contribution >= 4 is 40.7 Å². The van der Waals surface area contributed by atoms with Crippen LogP contribution in [0.5, 0.6) is 0 Å². The molecule has 2 aromatic rings. The highest BCUT2D eigenvalue weighted by molar-refractivity contribution is 7.98. The first-order valence-corrected chi connectivity index (χ1v) is 6.96. The Labute approximate surface area is 120 Å². The van der Waals surface area contributed by atoms with E-state index in [0.29, 0.717) is 27.4 Å². The summed E-state index contributed by atoms with van der Waals surface area (Å²) in [5, 5.41) is 1.13. The topological polar surface area (TPSA) is 51.8 Å². The van der Waals surface area contributed by atoms with Crippen LogP contribution >= 0.6 is 35.0 Å². The fraction of sp³-hybridized carbons (Fsp3) is 0.167. The van der Waals surface area contributed by atoms with Gasteiger partial charge in [0.15, 0.2) is 0 Å². The van der Waals surface area contributed by atoms with Crippen molar-refractivity contribution in [3.05, 3.63) is 46.0 Å². The van der Waals surface area contributed by atoms with Gasteiger partial charge in [-0.25, -0.2) is 9.97 Å². The first kappa shape index (κ1) is 13.5. The van der Waals surface area contributed by atoms with Crippen LogP contribution in [0.3, 0.4) is 0 Å². The van der Waals surface area contributed by atoms with Gasteiger partial charge >= 0.3 is 0 Å². The van der Waals surface area contributed by atoms with Crippen molar-refractivity contribution in [2.75, 3.05) is 5.73 Å². The Morgan fingerprint density at radius 2 is 2.00 bits per heavy atom. The SMILES string of the molecule is Cc1cc(Cl)nc(CSc2cc(N)ccc2Cl)n1. The van der Waals surface area contributed by atoms with Gasteiger partial charge < -0.3 is 5.73 Å². The molecule has 18 heavy (non-hydrogen) atoms. The van der Waals surface area contributed by atoms with Crippen LogP contribution < -0.4 is 5.73 Å². The van der Waals surface area contributed by atoms with Gasteiger partial charge in [-0.2, -0.15) is 0 Å². The van der Waals surface area contributed by atoms with Crippen LogP contribution in [-0.2, 0) is 5.75 Å². The van der Waals surface area contributed by atoms with Crippen LogP contribution in [0, 0.1) is 6.92 Å². The molecule has 0 saturated carbocycles. The van der Waals surface area contributed by atoms with E-state index in [4.69, 9.17) is 28.9 Å². The molecule has 1 heterocycles. The largest absolute Gasteiger partial charge is 0.399 e. The molecule has 0 amide bonds. The molecule has 0 aliphatic heterocycles. The Hall–Kier alpha value is -0.970. The zero-order chi connectivity index (χ0) is 13.1. The lowest BCUT2D eigenvalue weighted by Crippen LogP contribution is -1.95. The summed E-state index contributed by atoms with van der Waals surface area (Å²) in [6.07, 6.45) is 0. The van der Waals surface area contributed by atoms with E-state index in [1.807, 2.05) is 13.0 Å². The molecule has 0 radical (unpaired) electrons. The van der Waals surface area contributed by atoms with Crippen molar-refractivity contribution in [3.8, 4) is 0 Å². The summed E-state index contributed by atoms with van der Waals surface area (Å²) in [6.45, 7) is 1.88. The summed E-state index contributed by atoms with van der Waals surface area (Å²) >= 11 is 13.5. The van der Waals surface area contributed by atoms with Crippen molar-refractivity contribution in [2.45, 2.75) is 17.6 Å². The number of nitrogens with two attached hydrogens (primary N) is 1. The average molecular weight is 300 g/mol. The number of anilines is 1. The number of aryl methyl sites for hydroxylation is 1. The van der Waals surface area contributed by atoms with E-state index >= 15 is 0 Å². The Bertz CT molecular complexity index is 555. The highest BCUT2D eigenvalue weighted by Crippen LogP contribution is 2.30. The molecule has 0 aliphatic carbocycles. The Kier molecular flexibility index (Phi) is 4.32. The molecule has 0 unspecified atom stereocenters. The number of nitrogens with zero attached hydrogens (tertiary/aromatic N) is 2. The summed E-state index contributed by atoms with van der Waals surface area (Å²) < 4.78 is 0. The van der Waals surface area contributed by atoms with Crippen LogP contribution in [0.15, 0.2) is 29.2 Å². The highest BCUT2D eigenvalue weighted by atomic mass is 35.5. The van der Waals surface area contributed by atoms with Crippen LogP contribution in [0.1, 0.15) is 11.5 Å². The van der Waals surface area contributed by atoms with Gasteiger partial charge in [0.1, 0.15) is 11.0 Å². The number of rotatable bonds is 3. The number of hydrogen-bond donors (Lipinski definition) is 1. The fourth-order valence-corrected chi connectivity index (χ4v) is 2.80. The Morgan fingerprint density at radius 1 is 1.22 bits per heavy atom. The lowest BCUT2D eigenvalue weighted by atomic mass is 10.3. The fourth-order valence-electron chi connectivity index (χ4n) is 1.43. The molecular weight excluding hydrogens is 289 g/mol. The van der Waals surface area contributed by atoms with E-state index < -0.39 is 0 Å². The zero-order valence-corrected chi connectivity index (χ0v) is 12.0. The molecule has 0 spiro atoms. The van der Waals surface area contributed by atoms with E-state index in [-0.39, 0.29) is 0 Å². The standard InChI is InChI=1S/C12H11Cl2N3S/c1-7-4-11(14)17-12(16-7)6-18-10-5-8(15)2-3-9(10)13/h2-5H,6,15H2,1H3. The normalized spacial score (nSPS) is 10.6. The van der Waals surface area contributed by atoms with Crippen molar-refractivity contribution in [1.29, 1.82) is 0 Å². The minimum atomic E-state index is 0.455. The number of benzene rings is 1. The van der Waals surface area contributed by atoms with Gasteiger partial charge in [0, 0.05) is 16.3 Å². The van der Waals surface area contributed by atoms with Crippen molar-refractivity contribution in [3.63, 3.8) is 0 Å². The summed E-state index contributed by atoms with van der Waals surface area (Å²) in [5.41, 5.74) is 7.26. The maximum atomic E-state index is 6.08. The molecule has 3 nitrogen and oxygen atoms in total. The van der Waals surface area contributed by atoms with E-state index in [1.165, 1.54) is 11.8 Å². The number of thioether (sulfide) groups is 1. The Morgan fingerprint density at radius 3 is 2.72 bits per heavy atom. The minimum absolute atomic E-state index is 0.455. The molecule has 0 bridgehead atoms. The molecule has 0 atom stereocenters. The van der Waals surface area contributed by atoms with Crippen molar-refractivity contribution < 1.29 is 0 Å². The summed E-state index contributed by atoms with van der Waals surface area (Å²) in [7, 11) is 0. The van der Waals surface area contributed by atoms with Crippen molar-refractivity contribution in [1.82, 2.24) is 9.97 Å². The molecule has 2 N–H and O–H groups in total. The molecule has 0 aliphatic rings. The Balaban J connectivity index is 2.13. The van der Waals surface area contributed by atoms with Gasteiger partial charge in [-0.15, -0.1) is 11.8 Å². The second-order valence-electron chi connectivity index (χ2n) is 3.73. The van der Waals surface area contributed by atoms with Crippen LogP contribution in [0.2, 0.25) is 10.2 Å². The highest BCUT2D eigenvalue weighted by Gasteiger charge is 2.05. The van der Waals surface area contributed by atoms with E-state index in [0.717, 1.165) is 10.6 Å². The van der Waals surface area contributed by atoms with Gasteiger partial charge in [-0.3, -0.25) is 0 Å². The summed E-state index contributed by atoms with van der Waals surface area (Å²) in [4.78, 5) is 9.39. The van der Waals surface area contributed by atoms with E-state index in [1.54, 1.807) is 18.2 Å². The van der Waals surface area contributed by atoms with E-state index in [9.17, 15) is 0 Å². The third-order valence-corrected chi connectivity index (χ3v) is 3.87. The molecule has 1 aromatic heterocycles. The van der Waals surface area contributed by atoms with Crippen molar-refractivity contribution in [2.24, 2.45) is 0 Å². The molecule has 2 rings (SSSR count). The molecule has 6 heteroatoms. The first-order chi connectivity index (χ1) is 8.54. The molecule has 1 aromatic carbocycles. The minimum Gasteiger partial charge on any atom is -0.399 e. The third-order valence-electron chi connectivity index (χ3n) is 2.18. The predicted octanol–water partition coefficient (Wildman–Crippen LogP) is 3.97. The summed E-state index contributed by atoms with van der Waals surface area (Å²) in [6, 6.07) is 7.11. The van der Waals surface area contributed by atoms with Crippen LogP contribution in [0.25, 0.3) is 0 Å². The average Bonchev–Trinajstić information content (AvgIpc) is 2.29. The first-order valence-electron chi connectivity index (χ1n) is 5.22. The zero-order valence-electron chi connectivity index (χ0n) is 9.65. The second kappa shape index (κ2) is 5.78. The number of nitrogen functional groups attached to an aromatic ring is 1. The lowest BCUT2D eigenvalue weighted by molar-refractivity contribution is 0.996. The quantitative estimate of drug-likeness (QED) is 0.529. The molecule has 0 fully saturated rings. The van der Waals surface area contributed by atoms with Gasteiger partial charge in [0.2, 0.25) is 0 Å². The second-order valence-corrected chi connectivity index (χ2v) is 5.54. The monoisotopic (exact) mass is 299 g/mol. The maximum Gasteiger partial charge on any atom is 0.140 e. The molecule has 0 saturated heterocycles. The third kappa shape index (κ3) is 3.51. The van der Waals surface area contributed by atoms with E-state index in [2.05, 4.69) is 9.97 Å². The van der Waals surface area contributed by atoms with Gasteiger partial charge in [-0.05, 0) is 31.2 Å². The predicted molar refractivity (Wildman–Crippen MR) is 77.2 cm³/mol. The molecular formula is C12H11Cl2N3S. The number of halogens is 2. The lowest BCUT2D eigenvalue weighted by Gasteiger charge is -2.05. The molecule has 94 valence electrons. The smallest absolute Gasteiger partial charge is 0.140 e. The van der Waals surface area contributed by atoms with Gasteiger partial charge in [0.05, 0.1) is 10.8 Å². The maximum absolute atomic E-state index is 6.08. The van der Waals surface area contributed by atoms with Crippen LogP contribution in [-0.4, -0.2) is 9.97 Å². The number of hydrogen-bond acceptors (Lipinski definition) is 4. The van der Waals surface area contributed by atoms with Gasteiger partial charge in [0.25, 0.3) is 0 Å². The number of aromatic nitrogens is 2.